The smallest absolute Gasteiger partial charge is 0.231 e. The molecule has 0 radical (unpaired) electrons. The summed E-state index contributed by atoms with van der Waals surface area (Å²) < 4.78 is 1.85. The lowest BCUT2D eigenvalue weighted by Crippen LogP contribution is -2.23. The number of fused-ring (bicyclic) bond motifs is 1. The van der Waals surface area contributed by atoms with Crippen LogP contribution < -0.4 is 10.6 Å². The lowest BCUT2D eigenvalue weighted by Gasteiger charge is -2.23. The molecule has 156 valence electrons. The summed E-state index contributed by atoms with van der Waals surface area (Å²) in [4.78, 5) is 12.4. The fourth-order valence-electron chi connectivity index (χ4n) is 4.23. The second kappa shape index (κ2) is 8.11. The molecule has 0 bridgehead atoms. The topological polar surface area (TPSA) is 107 Å². The molecule has 1 aliphatic rings. The zero-order valence-electron chi connectivity index (χ0n) is 17.4. The highest BCUT2D eigenvalue weighted by Crippen LogP contribution is 2.30. The van der Waals surface area contributed by atoms with Crippen molar-refractivity contribution in [2.45, 2.75) is 38.1 Å². The van der Waals surface area contributed by atoms with Crippen molar-refractivity contribution >= 4 is 28.5 Å². The maximum absolute atomic E-state index is 9.51. The van der Waals surface area contributed by atoms with E-state index in [1.54, 1.807) is 12.4 Å². The van der Waals surface area contributed by atoms with Crippen molar-refractivity contribution in [3.05, 3.63) is 48.3 Å². The molecule has 0 atom stereocenters. The van der Waals surface area contributed by atoms with Gasteiger partial charge in [0.15, 0.2) is 0 Å². The van der Waals surface area contributed by atoms with Gasteiger partial charge in [-0.15, -0.1) is 0 Å². The van der Waals surface area contributed by atoms with Gasteiger partial charge >= 0.3 is 0 Å². The number of H-pyrrole nitrogens is 1. The Morgan fingerprint density at radius 2 is 1.90 bits per heavy atom. The molecule has 31 heavy (non-hydrogen) atoms. The van der Waals surface area contributed by atoms with Gasteiger partial charge in [-0.05, 0) is 36.6 Å². The Morgan fingerprint density at radius 3 is 2.61 bits per heavy atom. The van der Waals surface area contributed by atoms with Crippen LogP contribution in [0.2, 0.25) is 0 Å². The summed E-state index contributed by atoms with van der Waals surface area (Å²) in [5, 5.41) is 21.4. The average molecular weight is 413 g/mol. The van der Waals surface area contributed by atoms with Gasteiger partial charge in [-0.2, -0.15) is 20.3 Å². The van der Waals surface area contributed by atoms with Crippen molar-refractivity contribution in [3.8, 4) is 17.3 Å². The lowest BCUT2D eigenvalue weighted by atomic mass is 9.95. The number of nitrogens with zero attached hydrogens (tertiary/aromatic N) is 5. The minimum absolute atomic E-state index is 0.374. The van der Waals surface area contributed by atoms with Crippen LogP contribution in [0.15, 0.2) is 42.7 Å². The van der Waals surface area contributed by atoms with E-state index < -0.39 is 0 Å². The van der Waals surface area contributed by atoms with Crippen molar-refractivity contribution < 1.29 is 0 Å². The Morgan fingerprint density at radius 1 is 1.10 bits per heavy atom. The minimum atomic E-state index is 0.374. The molecule has 5 rings (SSSR count). The zero-order valence-corrected chi connectivity index (χ0v) is 17.4. The number of aromatic amines is 1. The van der Waals surface area contributed by atoms with Crippen LogP contribution in [0.3, 0.4) is 0 Å². The second-order valence-electron chi connectivity index (χ2n) is 7.96. The third kappa shape index (κ3) is 3.82. The van der Waals surface area contributed by atoms with Crippen LogP contribution >= 0.6 is 0 Å². The maximum atomic E-state index is 9.51. The first kappa shape index (κ1) is 19.1. The van der Waals surface area contributed by atoms with E-state index in [1.807, 2.05) is 42.1 Å². The van der Waals surface area contributed by atoms with E-state index in [4.69, 9.17) is 4.98 Å². The molecule has 0 amide bonds. The molecule has 1 aromatic carbocycles. The predicted molar refractivity (Wildman–Crippen MR) is 121 cm³/mol. The summed E-state index contributed by atoms with van der Waals surface area (Å²) in [6.45, 7) is 0. The summed E-state index contributed by atoms with van der Waals surface area (Å²) in [5.41, 5.74) is 4.24. The number of aromatic nitrogens is 5. The van der Waals surface area contributed by atoms with E-state index in [9.17, 15) is 5.26 Å². The summed E-state index contributed by atoms with van der Waals surface area (Å²) >= 11 is 0. The molecule has 0 saturated heterocycles. The summed E-state index contributed by atoms with van der Waals surface area (Å²) in [6, 6.07) is 12.7. The molecule has 0 unspecified atom stereocenters. The standard InChI is InChI=1S/C23H24N8/c1-31-19(11-12-26-31)15-7-9-18(10-8-15)28-23-29-21-20(16(13-24)14-25-21)22(30-23)27-17-5-3-2-4-6-17/h7-12,14,17H,2-6H2,1H3,(H3,25,27,28,29,30). The Bertz CT molecular complexity index is 1240. The van der Waals surface area contributed by atoms with E-state index in [-0.39, 0.29) is 0 Å². The van der Waals surface area contributed by atoms with E-state index in [0.29, 0.717) is 29.0 Å². The van der Waals surface area contributed by atoms with Crippen LogP contribution in [0.5, 0.6) is 0 Å². The highest BCUT2D eigenvalue weighted by Gasteiger charge is 2.19. The third-order valence-electron chi connectivity index (χ3n) is 5.86. The number of nitrogens with one attached hydrogen (secondary N) is 3. The SMILES string of the molecule is Cn1nccc1-c1ccc(Nc2nc(NC3CCCCC3)c3c(C#N)c[nH]c3n2)cc1. The summed E-state index contributed by atoms with van der Waals surface area (Å²) in [5.74, 6) is 1.20. The van der Waals surface area contributed by atoms with Crippen LogP contribution in [-0.4, -0.2) is 30.8 Å². The van der Waals surface area contributed by atoms with Crippen LogP contribution in [-0.2, 0) is 7.05 Å². The Balaban J connectivity index is 1.44. The van der Waals surface area contributed by atoms with Gasteiger partial charge in [0.25, 0.3) is 0 Å². The van der Waals surface area contributed by atoms with E-state index in [1.165, 1.54) is 19.3 Å². The molecule has 4 aromatic rings. The average Bonchev–Trinajstić information content (AvgIpc) is 3.41. The molecule has 1 saturated carbocycles. The summed E-state index contributed by atoms with van der Waals surface area (Å²) in [6.07, 6.45) is 9.45. The second-order valence-corrected chi connectivity index (χ2v) is 7.96. The van der Waals surface area contributed by atoms with Gasteiger partial charge in [0.2, 0.25) is 5.95 Å². The Kier molecular flexibility index (Phi) is 5.00. The predicted octanol–water partition coefficient (Wildman–Crippen LogP) is 4.72. The quantitative estimate of drug-likeness (QED) is 0.438. The van der Waals surface area contributed by atoms with Crippen molar-refractivity contribution in [2.24, 2.45) is 7.05 Å². The van der Waals surface area contributed by atoms with Gasteiger partial charge in [0, 0.05) is 31.2 Å². The molecule has 3 heterocycles. The van der Waals surface area contributed by atoms with Crippen LogP contribution in [0, 0.1) is 11.3 Å². The fourth-order valence-corrected chi connectivity index (χ4v) is 4.23. The highest BCUT2D eigenvalue weighted by atomic mass is 15.3. The van der Waals surface area contributed by atoms with E-state index >= 15 is 0 Å². The largest absolute Gasteiger partial charge is 0.367 e. The van der Waals surface area contributed by atoms with Crippen LogP contribution in [0.4, 0.5) is 17.5 Å². The van der Waals surface area contributed by atoms with Gasteiger partial charge in [0.05, 0.1) is 16.6 Å². The molecule has 3 N–H and O–H groups in total. The normalized spacial score (nSPS) is 14.5. The molecule has 1 aliphatic carbocycles. The molecule has 0 spiro atoms. The van der Waals surface area contributed by atoms with Gasteiger partial charge in [-0.25, -0.2) is 0 Å². The van der Waals surface area contributed by atoms with Gasteiger partial charge < -0.3 is 15.6 Å². The maximum Gasteiger partial charge on any atom is 0.231 e. The first-order valence-electron chi connectivity index (χ1n) is 10.6. The van der Waals surface area contributed by atoms with E-state index in [0.717, 1.165) is 35.2 Å². The number of rotatable bonds is 5. The molecule has 3 aromatic heterocycles. The summed E-state index contributed by atoms with van der Waals surface area (Å²) in [7, 11) is 1.93. The molecule has 8 heteroatoms. The van der Waals surface area contributed by atoms with E-state index in [2.05, 4.69) is 31.8 Å². The molecule has 1 fully saturated rings. The number of benzene rings is 1. The number of hydrogen-bond donors (Lipinski definition) is 3. The zero-order chi connectivity index (χ0) is 21.2. The fraction of sp³-hybridized carbons (Fsp3) is 0.304. The minimum Gasteiger partial charge on any atom is -0.367 e. The van der Waals surface area contributed by atoms with Crippen molar-refractivity contribution in [3.63, 3.8) is 0 Å². The first-order valence-corrected chi connectivity index (χ1v) is 10.6. The van der Waals surface area contributed by atoms with Crippen LogP contribution in [0.1, 0.15) is 37.7 Å². The Hall–Kier alpha value is -3.86. The monoisotopic (exact) mass is 412 g/mol. The molecular weight excluding hydrogens is 388 g/mol. The van der Waals surface area contributed by atoms with Crippen LogP contribution in [0.25, 0.3) is 22.3 Å². The number of hydrogen-bond acceptors (Lipinski definition) is 6. The van der Waals surface area contributed by atoms with Gasteiger partial charge in [-0.1, -0.05) is 31.4 Å². The molecule has 8 nitrogen and oxygen atoms in total. The number of anilines is 3. The third-order valence-corrected chi connectivity index (χ3v) is 5.86. The number of nitriles is 1. The highest BCUT2D eigenvalue weighted by molar-refractivity contribution is 5.93. The molecule has 0 aliphatic heterocycles. The van der Waals surface area contributed by atoms with Crippen molar-refractivity contribution in [2.75, 3.05) is 10.6 Å². The first-order chi connectivity index (χ1) is 15.2. The number of aryl methyl sites for hydroxylation is 1. The van der Waals surface area contributed by atoms with Crippen molar-refractivity contribution in [1.82, 2.24) is 24.7 Å². The lowest BCUT2D eigenvalue weighted by molar-refractivity contribution is 0.462. The van der Waals surface area contributed by atoms with Gasteiger partial charge in [-0.3, -0.25) is 4.68 Å². The molecular formula is C23H24N8. The van der Waals surface area contributed by atoms with Gasteiger partial charge in [0.1, 0.15) is 17.5 Å². The Labute approximate surface area is 180 Å². The van der Waals surface area contributed by atoms with Crippen molar-refractivity contribution in [1.29, 1.82) is 5.26 Å².